The largest absolute Gasteiger partial charge is 0.383 e. The Labute approximate surface area is 112 Å². The fourth-order valence-electron chi connectivity index (χ4n) is 1.79. The third kappa shape index (κ3) is 3.45. The standard InChI is InChI=1S/C13H19N5O/c1-4-5-17-9-11(2)15-13(17)16-12-8-14-18(10-12)6-7-19-3/h4,8-10H,1,5-7H2,2-3H3,(H,15,16). The molecule has 0 saturated carbocycles. The van der Waals surface area contributed by atoms with Crippen molar-refractivity contribution in [1.29, 1.82) is 0 Å². The van der Waals surface area contributed by atoms with Gasteiger partial charge in [-0.15, -0.1) is 6.58 Å². The molecular formula is C13H19N5O. The quantitative estimate of drug-likeness (QED) is 0.774. The minimum absolute atomic E-state index is 0.644. The van der Waals surface area contributed by atoms with Gasteiger partial charge in [-0.05, 0) is 6.92 Å². The molecule has 0 spiro atoms. The molecule has 19 heavy (non-hydrogen) atoms. The van der Waals surface area contributed by atoms with E-state index in [1.54, 1.807) is 13.3 Å². The smallest absolute Gasteiger partial charge is 0.207 e. The van der Waals surface area contributed by atoms with Crippen LogP contribution in [0.15, 0.2) is 31.2 Å². The Morgan fingerprint density at radius 2 is 2.32 bits per heavy atom. The van der Waals surface area contributed by atoms with Crippen LogP contribution in [0.3, 0.4) is 0 Å². The number of hydrogen-bond donors (Lipinski definition) is 1. The van der Waals surface area contributed by atoms with Gasteiger partial charge in [0.25, 0.3) is 0 Å². The van der Waals surface area contributed by atoms with E-state index < -0.39 is 0 Å². The molecular weight excluding hydrogens is 242 g/mol. The summed E-state index contributed by atoms with van der Waals surface area (Å²) >= 11 is 0. The second kappa shape index (κ2) is 6.19. The van der Waals surface area contributed by atoms with Crippen molar-refractivity contribution in [3.8, 4) is 0 Å². The third-order valence-corrected chi connectivity index (χ3v) is 2.64. The first-order valence-electron chi connectivity index (χ1n) is 6.16. The van der Waals surface area contributed by atoms with Crippen molar-refractivity contribution in [2.24, 2.45) is 0 Å². The number of rotatable bonds is 7. The summed E-state index contributed by atoms with van der Waals surface area (Å²) < 4.78 is 8.86. The van der Waals surface area contributed by atoms with Crippen LogP contribution in [0.4, 0.5) is 11.6 Å². The first kappa shape index (κ1) is 13.4. The van der Waals surface area contributed by atoms with Crippen molar-refractivity contribution in [3.05, 3.63) is 36.9 Å². The first-order chi connectivity index (χ1) is 9.22. The molecule has 0 aliphatic rings. The lowest BCUT2D eigenvalue weighted by molar-refractivity contribution is 0.183. The molecule has 0 bridgehead atoms. The van der Waals surface area contributed by atoms with Gasteiger partial charge < -0.3 is 14.6 Å². The van der Waals surface area contributed by atoms with E-state index in [0.29, 0.717) is 6.61 Å². The zero-order valence-electron chi connectivity index (χ0n) is 11.3. The second-order valence-corrected chi connectivity index (χ2v) is 4.26. The predicted molar refractivity (Wildman–Crippen MR) is 74.5 cm³/mol. The molecule has 0 unspecified atom stereocenters. The lowest BCUT2D eigenvalue weighted by atomic mass is 10.5. The number of methoxy groups -OCH3 is 1. The van der Waals surface area contributed by atoms with Crippen LogP contribution in [0.2, 0.25) is 0 Å². The van der Waals surface area contributed by atoms with Crippen molar-refractivity contribution in [2.45, 2.75) is 20.0 Å². The highest BCUT2D eigenvalue weighted by atomic mass is 16.5. The summed E-state index contributed by atoms with van der Waals surface area (Å²) in [6.07, 6.45) is 7.53. The summed E-state index contributed by atoms with van der Waals surface area (Å²) in [5.74, 6) is 0.795. The van der Waals surface area contributed by atoms with Gasteiger partial charge in [-0.25, -0.2) is 4.98 Å². The van der Waals surface area contributed by atoms with Gasteiger partial charge >= 0.3 is 0 Å². The highest BCUT2D eigenvalue weighted by Crippen LogP contribution is 2.15. The molecule has 0 saturated heterocycles. The van der Waals surface area contributed by atoms with Gasteiger partial charge in [-0.3, -0.25) is 4.68 Å². The molecule has 0 radical (unpaired) electrons. The van der Waals surface area contributed by atoms with Crippen LogP contribution in [-0.2, 0) is 17.8 Å². The van der Waals surface area contributed by atoms with Crippen LogP contribution in [0.25, 0.3) is 0 Å². The Kier molecular flexibility index (Phi) is 4.35. The van der Waals surface area contributed by atoms with Crippen molar-refractivity contribution in [2.75, 3.05) is 19.0 Å². The molecule has 2 heterocycles. The summed E-state index contributed by atoms with van der Waals surface area (Å²) in [4.78, 5) is 4.44. The van der Waals surface area contributed by atoms with Gasteiger partial charge in [-0.2, -0.15) is 5.10 Å². The number of aromatic nitrogens is 4. The maximum absolute atomic E-state index is 5.02. The molecule has 0 atom stereocenters. The maximum atomic E-state index is 5.02. The number of nitrogens with zero attached hydrogens (tertiary/aromatic N) is 4. The Morgan fingerprint density at radius 1 is 1.47 bits per heavy atom. The zero-order valence-corrected chi connectivity index (χ0v) is 11.3. The average Bonchev–Trinajstić information content (AvgIpc) is 2.95. The van der Waals surface area contributed by atoms with E-state index in [1.165, 1.54) is 0 Å². The molecule has 6 heteroatoms. The Morgan fingerprint density at radius 3 is 3.05 bits per heavy atom. The SMILES string of the molecule is C=CCn1cc(C)nc1Nc1cnn(CCOC)c1. The second-order valence-electron chi connectivity index (χ2n) is 4.26. The topological polar surface area (TPSA) is 56.9 Å². The summed E-state index contributed by atoms with van der Waals surface area (Å²) in [6.45, 7) is 7.81. The molecule has 0 amide bonds. The zero-order chi connectivity index (χ0) is 13.7. The predicted octanol–water partition coefficient (Wildman–Crippen LogP) is 1.96. The molecule has 0 aliphatic heterocycles. The van der Waals surface area contributed by atoms with Gasteiger partial charge in [0.05, 0.1) is 30.7 Å². The summed E-state index contributed by atoms with van der Waals surface area (Å²) in [6, 6.07) is 0. The van der Waals surface area contributed by atoms with Gasteiger partial charge in [0.1, 0.15) is 0 Å². The summed E-state index contributed by atoms with van der Waals surface area (Å²) in [7, 11) is 1.68. The Hall–Kier alpha value is -2.08. The fourth-order valence-corrected chi connectivity index (χ4v) is 1.79. The number of imidazole rings is 1. The third-order valence-electron chi connectivity index (χ3n) is 2.64. The van der Waals surface area contributed by atoms with Crippen LogP contribution < -0.4 is 5.32 Å². The van der Waals surface area contributed by atoms with Crippen molar-refractivity contribution >= 4 is 11.6 Å². The first-order valence-corrected chi connectivity index (χ1v) is 6.16. The van der Waals surface area contributed by atoms with Gasteiger partial charge in [0.15, 0.2) is 0 Å². The lowest BCUT2D eigenvalue weighted by Gasteiger charge is -2.05. The molecule has 0 aromatic carbocycles. The van der Waals surface area contributed by atoms with E-state index in [-0.39, 0.29) is 0 Å². The molecule has 2 aromatic rings. The number of anilines is 2. The normalized spacial score (nSPS) is 10.6. The molecule has 102 valence electrons. The Bertz CT molecular complexity index is 543. The fraction of sp³-hybridized carbons (Fsp3) is 0.385. The molecule has 1 N–H and O–H groups in total. The van der Waals surface area contributed by atoms with Crippen molar-refractivity contribution < 1.29 is 4.74 Å². The van der Waals surface area contributed by atoms with Gasteiger partial charge in [-0.1, -0.05) is 6.08 Å². The number of nitrogens with one attached hydrogen (secondary N) is 1. The van der Waals surface area contributed by atoms with E-state index in [1.807, 2.05) is 34.6 Å². The van der Waals surface area contributed by atoms with E-state index >= 15 is 0 Å². The Balaban J connectivity index is 2.07. The highest BCUT2D eigenvalue weighted by Gasteiger charge is 2.06. The maximum Gasteiger partial charge on any atom is 0.207 e. The van der Waals surface area contributed by atoms with Crippen molar-refractivity contribution in [3.63, 3.8) is 0 Å². The molecule has 2 aromatic heterocycles. The van der Waals surface area contributed by atoms with E-state index in [2.05, 4.69) is 22.0 Å². The number of ether oxygens (including phenoxy) is 1. The van der Waals surface area contributed by atoms with E-state index in [4.69, 9.17) is 4.74 Å². The van der Waals surface area contributed by atoms with Crippen LogP contribution in [0.1, 0.15) is 5.69 Å². The van der Waals surface area contributed by atoms with Gasteiger partial charge in [0, 0.05) is 26.0 Å². The minimum atomic E-state index is 0.644. The highest BCUT2D eigenvalue weighted by molar-refractivity contribution is 5.51. The molecule has 6 nitrogen and oxygen atoms in total. The molecule has 0 aliphatic carbocycles. The number of hydrogen-bond acceptors (Lipinski definition) is 4. The van der Waals surface area contributed by atoms with Crippen molar-refractivity contribution in [1.82, 2.24) is 19.3 Å². The monoisotopic (exact) mass is 261 g/mol. The number of allylic oxidation sites excluding steroid dienone is 1. The van der Waals surface area contributed by atoms with E-state index in [9.17, 15) is 0 Å². The van der Waals surface area contributed by atoms with Crippen LogP contribution in [-0.4, -0.2) is 33.0 Å². The van der Waals surface area contributed by atoms with Crippen LogP contribution in [0, 0.1) is 6.92 Å². The minimum Gasteiger partial charge on any atom is -0.383 e. The van der Waals surface area contributed by atoms with Crippen LogP contribution in [0.5, 0.6) is 0 Å². The summed E-state index contributed by atoms with van der Waals surface area (Å²) in [5.41, 5.74) is 1.88. The van der Waals surface area contributed by atoms with Gasteiger partial charge in [0.2, 0.25) is 5.95 Å². The molecule has 0 fully saturated rings. The summed E-state index contributed by atoms with van der Waals surface area (Å²) in [5, 5.41) is 7.50. The number of aryl methyl sites for hydroxylation is 1. The van der Waals surface area contributed by atoms with Crippen LogP contribution >= 0.6 is 0 Å². The van der Waals surface area contributed by atoms with E-state index in [0.717, 1.165) is 30.4 Å². The molecule has 2 rings (SSSR count). The average molecular weight is 261 g/mol. The lowest BCUT2D eigenvalue weighted by Crippen LogP contribution is -2.04.